The maximum Gasteiger partial charge on any atom is 0.140 e. The van der Waals surface area contributed by atoms with E-state index in [0.717, 1.165) is 25.5 Å². The van der Waals surface area contributed by atoms with Gasteiger partial charge in [0.1, 0.15) is 17.3 Å². The van der Waals surface area contributed by atoms with Crippen LogP contribution in [0.25, 0.3) is 0 Å². The summed E-state index contributed by atoms with van der Waals surface area (Å²) in [5.74, 6) is 1.37. The first-order valence-electron chi connectivity index (χ1n) is 6.11. The minimum atomic E-state index is -0.135. The Balaban J connectivity index is 2.08. The molecule has 0 saturated carbocycles. The van der Waals surface area contributed by atoms with Crippen molar-refractivity contribution in [1.29, 1.82) is 0 Å². The molecular formula is C12H19ClN4O. The Morgan fingerprint density at radius 1 is 1.56 bits per heavy atom. The lowest BCUT2D eigenvalue weighted by Crippen LogP contribution is -2.28. The van der Waals surface area contributed by atoms with Crippen LogP contribution >= 0.6 is 11.6 Å². The number of anilines is 1. The zero-order chi connectivity index (χ0) is 13.1. The highest BCUT2D eigenvalue weighted by Crippen LogP contribution is 2.24. The van der Waals surface area contributed by atoms with Crippen molar-refractivity contribution in [2.75, 3.05) is 38.6 Å². The molecule has 5 nitrogen and oxygen atoms in total. The molecule has 1 aliphatic rings. The molecule has 1 N–H and O–H groups in total. The molecule has 1 saturated heterocycles. The molecule has 1 unspecified atom stereocenters. The van der Waals surface area contributed by atoms with E-state index < -0.39 is 0 Å². The van der Waals surface area contributed by atoms with Crippen LogP contribution in [0.15, 0.2) is 6.33 Å². The van der Waals surface area contributed by atoms with Crippen molar-refractivity contribution >= 4 is 17.4 Å². The van der Waals surface area contributed by atoms with Gasteiger partial charge in [-0.2, -0.15) is 0 Å². The molecule has 1 aliphatic heterocycles. The van der Waals surface area contributed by atoms with E-state index in [-0.39, 0.29) is 6.61 Å². The molecule has 6 heteroatoms. The number of aromatic nitrogens is 2. The second-order valence-electron chi connectivity index (χ2n) is 4.92. The Bertz CT molecular complexity index is 415. The molecule has 1 fully saturated rings. The van der Waals surface area contributed by atoms with Crippen molar-refractivity contribution < 1.29 is 5.11 Å². The van der Waals surface area contributed by atoms with Crippen LogP contribution < -0.4 is 4.90 Å². The number of hydrogen-bond acceptors (Lipinski definition) is 5. The van der Waals surface area contributed by atoms with E-state index >= 15 is 0 Å². The fourth-order valence-electron chi connectivity index (χ4n) is 2.50. The van der Waals surface area contributed by atoms with Crippen LogP contribution in [0.5, 0.6) is 0 Å². The molecule has 2 rings (SSSR count). The predicted octanol–water partition coefficient (Wildman–Crippen LogP) is 1.01. The fraction of sp³-hybridized carbons (Fsp3) is 0.667. The quantitative estimate of drug-likeness (QED) is 0.828. The number of rotatable bonds is 4. The summed E-state index contributed by atoms with van der Waals surface area (Å²) in [6.45, 7) is 3.04. The summed E-state index contributed by atoms with van der Waals surface area (Å²) in [7, 11) is 4.12. The van der Waals surface area contributed by atoms with E-state index in [2.05, 4.69) is 26.8 Å². The van der Waals surface area contributed by atoms with Gasteiger partial charge < -0.3 is 14.9 Å². The Labute approximate surface area is 112 Å². The molecule has 0 aromatic carbocycles. The summed E-state index contributed by atoms with van der Waals surface area (Å²) in [6.07, 6.45) is 2.64. The molecular weight excluding hydrogens is 252 g/mol. The van der Waals surface area contributed by atoms with Gasteiger partial charge in [0.05, 0.1) is 12.2 Å². The van der Waals surface area contributed by atoms with Crippen LogP contribution in [0, 0.1) is 5.92 Å². The monoisotopic (exact) mass is 270 g/mol. The van der Waals surface area contributed by atoms with E-state index in [0.29, 0.717) is 16.6 Å². The SMILES string of the molecule is CN1CCC(CN(C)c2ncnc(Cl)c2CO)C1. The van der Waals surface area contributed by atoms with Crippen molar-refractivity contribution in [3.05, 3.63) is 17.0 Å². The standard InChI is InChI=1S/C12H19ClN4O/c1-16-4-3-9(5-16)6-17(2)12-10(7-18)11(13)14-8-15-12/h8-9,18H,3-7H2,1-2H3. The molecule has 18 heavy (non-hydrogen) atoms. The molecule has 0 spiro atoms. The van der Waals surface area contributed by atoms with E-state index in [1.807, 2.05) is 7.05 Å². The summed E-state index contributed by atoms with van der Waals surface area (Å²) >= 11 is 5.97. The molecule has 0 amide bonds. The van der Waals surface area contributed by atoms with Crippen molar-refractivity contribution in [3.8, 4) is 0 Å². The minimum absolute atomic E-state index is 0.135. The van der Waals surface area contributed by atoms with Crippen LogP contribution in [0.4, 0.5) is 5.82 Å². The topological polar surface area (TPSA) is 52.5 Å². The van der Waals surface area contributed by atoms with Crippen LogP contribution in [0.3, 0.4) is 0 Å². The number of aliphatic hydroxyl groups is 1. The molecule has 0 bridgehead atoms. The highest BCUT2D eigenvalue weighted by Gasteiger charge is 2.22. The van der Waals surface area contributed by atoms with Gasteiger partial charge in [-0.25, -0.2) is 9.97 Å². The fourth-order valence-corrected chi connectivity index (χ4v) is 2.68. The predicted molar refractivity (Wildman–Crippen MR) is 71.8 cm³/mol. The van der Waals surface area contributed by atoms with Crippen molar-refractivity contribution in [1.82, 2.24) is 14.9 Å². The molecule has 1 aromatic heterocycles. The summed E-state index contributed by atoms with van der Waals surface area (Å²) in [5.41, 5.74) is 0.605. The van der Waals surface area contributed by atoms with Crippen LogP contribution in [-0.2, 0) is 6.61 Å². The summed E-state index contributed by atoms with van der Waals surface area (Å²) < 4.78 is 0. The second-order valence-corrected chi connectivity index (χ2v) is 5.28. The van der Waals surface area contributed by atoms with Gasteiger partial charge in [-0.3, -0.25) is 0 Å². The number of likely N-dealkylation sites (tertiary alicyclic amines) is 1. The molecule has 1 atom stereocenters. The third-order valence-electron chi connectivity index (χ3n) is 3.41. The average molecular weight is 271 g/mol. The highest BCUT2D eigenvalue weighted by atomic mass is 35.5. The van der Waals surface area contributed by atoms with E-state index in [1.165, 1.54) is 12.7 Å². The lowest BCUT2D eigenvalue weighted by molar-refractivity contribution is 0.281. The Kier molecular flexibility index (Phi) is 4.37. The third-order valence-corrected chi connectivity index (χ3v) is 3.74. The number of halogens is 1. The van der Waals surface area contributed by atoms with E-state index in [1.54, 1.807) is 0 Å². The van der Waals surface area contributed by atoms with Crippen molar-refractivity contribution in [2.24, 2.45) is 5.92 Å². The van der Waals surface area contributed by atoms with Crippen LogP contribution in [0.2, 0.25) is 5.15 Å². The van der Waals surface area contributed by atoms with Gasteiger partial charge in [-0.05, 0) is 25.9 Å². The summed E-state index contributed by atoms with van der Waals surface area (Å²) in [4.78, 5) is 12.5. The van der Waals surface area contributed by atoms with Gasteiger partial charge in [0.2, 0.25) is 0 Å². The zero-order valence-electron chi connectivity index (χ0n) is 10.8. The van der Waals surface area contributed by atoms with Gasteiger partial charge in [0.15, 0.2) is 0 Å². The Morgan fingerprint density at radius 2 is 2.33 bits per heavy atom. The van der Waals surface area contributed by atoms with Crippen molar-refractivity contribution in [2.45, 2.75) is 13.0 Å². The van der Waals surface area contributed by atoms with Gasteiger partial charge >= 0.3 is 0 Å². The normalized spacial score (nSPS) is 20.3. The van der Waals surface area contributed by atoms with E-state index in [4.69, 9.17) is 11.6 Å². The van der Waals surface area contributed by atoms with Crippen LogP contribution in [-0.4, -0.2) is 53.7 Å². The Morgan fingerprint density at radius 3 is 2.94 bits per heavy atom. The third kappa shape index (κ3) is 2.91. The van der Waals surface area contributed by atoms with Gasteiger partial charge in [-0.1, -0.05) is 11.6 Å². The number of nitrogens with zero attached hydrogens (tertiary/aromatic N) is 4. The van der Waals surface area contributed by atoms with Gasteiger partial charge in [0.25, 0.3) is 0 Å². The highest BCUT2D eigenvalue weighted by molar-refractivity contribution is 6.30. The molecule has 2 heterocycles. The van der Waals surface area contributed by atoms with Gasteiger partial charge in [0, 0.05) is 20.1 Å². The number of hydrogen-bond donors (Lipinski definition) is 1. The summed E-state index contributed by atoms with van der Waals surface area (Å²) in [6, 6.07) is 0. The maximum absolute atomic E-state index is 9.35. The first-order chi connectivity index (χ1) is 8.61. The van der Waals surface area contributed by atoms with Crippen LogP contribution in [0.1, 0.15) is 12.0 Å². The molecule has 1 aromatic rings. The summed E-state index contributed by atoms with van der Waals surface area (Å²) in [5, 5.41) is 9.68. The second kappa shape index (κ2) is 5.82. The first kappa shape index (κ1) is 13.5. The average Bonchev–Trinajstić information content (AvgIpc) is 2.74. The lowest BCUT2D eigenvalue weighted by atomic mass is 10.1. The van der Waals surface area contributed by atoms with E-state index in [9.17, 15) is 5.11 Å². The van der Waals surface area contributed by atoms with Gasteiger partial charge in [-0.15, -0.1) is 0 Å². The lowest BCUT2D eigenvalue weighted by Gasteiger charge is -2.24. The zero-order valence-corrected chi connectivity index (χ0v) is 11.6. The minimum Gasteiger partial charge on any atom is -0.391 e. The molecule has 0 aliphatic carbocycles. The smallest absolute Gasteiger partial charge is 0.140 e. The maximum atomic E-state index is 9.35. The van der Waals surface area contributed by atoms with Crippen molar-refractivity contribution in [3.63, 3.8) is 0 Å². The first-order valence-corrected chi connectivity index (χ1v) is 6.49. The largest absolute Gasteiger partial charge is 0.391 e. The molecule has 100 valence electrons. The molecule has 0 radical (unpaired) electrons. The number of aliphatic hydroxyl groups excluding tert-OH is 1. The Hall–Kier alpha value is -0.910.